The molecule has 0 bridgehead atoms. The second-order valence-electron chi connectivity index (χ2n) is 13.8. The summed E-state index contributed by atoms with van der Waals surface area (Å²) in [5, 5.41) is 12.2. The maximum absolute atomic E-state index is 13.7. The van der Waals surface area contributed by atoms with E-state index in [9.17, 15) is 19.5 Å². The summed E-state index contributed by atoms with van der Waals surface area (Å²) in [7, 11) is -2.66. The molecule has 46 heavy (non-hydrogen) atoms. The fourth-order valence-corrected chi connectivity index (χ4v) is 10.8. The van der Waals surface area contributed by atoms with E-state index in [1.165, 1.54) is 5.56 Å². The minimum atomic E-state index is -2.66. The zero-order chi connectivity index (χ0) is 32.2. The molecule has 2 amide bonds. The van der Waals surface area contributed by atoms with Crippen LogP contribution in [0.2, 0.25) is 18.6 Å². The highest BCUT2D eigenvalue weighted by atomic mass is 28.4. The van der Waals surface area contributed by atoms with Gasteiger partial charge in [-0.1, -0.05) is 67.6 Å². The van der Waals surface area contributed by atoms with Crippen LogP contribution in [0, 0.1) is 5.92 Å². The molecule has 0 aromatic heterocycles. The van der Waals surface area contributed by atoms with E-state index in [4.69, 9.17) is 4.74 Å². The van der Waals surface area contributed by atoms with E-state index in [1.54, 1.807) is 9.80 Å². The summed E-state index contributed by atoms with van der Waals surface area (Å²) in [5.41, 5.74) is 5.88. The van der Waals surface area contributed by atoms with Crippen LogP contribution in [-0.2, 0) is 28.9 Å². The first-order valence-electron chi connectivity index (χ1n) is 16.4. The number of hydrogen-bond donors (Lipinski definition) is 2. The third-order valence-corrected chi connectivity index (χ3v) is 13.0. The molecule has 5 atom stereocenters. The molecule has 4 aromatic carbocycles. The standard InChI is InChI=1S/C38H42N2O5Si/c1-24-33(19-16-25-14-17-29(18-15-25)40-32-13-7-11-26-10-6-12-31(36(26)32)38(40)43)45-34(37(24)46(2,3)44)21-35(42)39-22-28-9-5-4-8-27(28)20-30(39)23-41/h4-15,17-18,24,30,33-34,37,41,44H,16,19-23H2,1-3H3/t24-,30-,33+,34-,37+/m0/s1. The average Bonchev–Trinajstić information content (AvgIpc) is 3.53. The Morgan fingerprint density at radius 1 is 0.935 bits per heavy atom. The Balaban J connectivity index is 1.03. The third kappa shape index (κ3) is 5.47. The normalized spacial score (nSPS) is 24.1. The predicted molar refractivity (Wildman–Crippen MR) is 183 cm³/mol. The van der Waals surface area contributed by atoms with Gasteiger partial charge in [-0.3, -0.25) is 14.5 Å². The van der Waals surface area contributed by atoms with Crippen molar-refractivity contribution in [2.75, 3.05) is 11.5 Å². The van der Waals surface area contributed by atoms with Gasteiger partial charge in [0.25, 0.3) is 5.91 Å². The average molecular weight is 635 g/mol. The largest absolute Gasteiger partial charge is 0.432 e. The van der Waals surface area contributed by atoms with Crippen LogP contribution in [0.15, 0.2) is 84.9 Å². The van der Waals surface area contributed by atoms with Gasteiger partial charge in [0.2, 0.25) is 5.91 Å². The highest BCUT2D eigenvalue weighted by Crippen LogP contribution is 2.46. The molecule has 1 saturated heterocycles. The summed E-state index contributed by atoms with van der Waals surface area (Å²) in [5.74, 6) is 0.0782. The van der Waals surface area contributed by atoms with Crippen molar-refractivity contribution in [1.82, 2.24) is 4.90 Å². The van der Waals surface area contributed by atoms with Crippen LogP contribution in [-0.4, -0.2) is 59.8 Å². The van der Waals surface area contributed by atoms with Crippen molar-refractivity contribution < 1.29 is 24.2 Å². The van der Waals surface area contributed by atoms with E-state index >= 15 is 0 Å². The molecule has 2 N–H and O–H groups in total. The first-order valence-corrected chi connectivity index (χ1v) is 19.5. The maximum Gasteiger partial charge on any atom is 0.263 e. The van der Waals surface area contributed by atoms with E-state index in [0.717, 1.165) is 51.7 Å². The van der Waals surface area contributed by atoms with Crippen molar-refractivity contribution in [3.63, 3.8) is 0 Å². The molecule has 3 heterocycles. The van der Waals surface area contributed by atoms with Crippen molar-refractivity contribution in [3.05, 3.63) is 107 Å². The predicted octanol–water partition coefficient (Wildman–Crippen LogP) is 6.37. The molecule has 4 aromatic rings. The van der Waals surface area contributed by atoms with Crippen LogP contribution in [0.4, 0.5) is 11.4 Å². The Kier molecular flexibility index (Phi) is 8.09. The first kappa shape index (κ1) is 30.8. The Labute approximate surface area is 271 Å². The fourth-order valence-electron chi connectivity index (χ4n) is 8.23. The number of ether oxygens (including phenoxy) is 1. The molecular weight excluding hydrogens is 593 g/mol. The summed E-state index contributed by atoms with van der Waals surface area (Å²) in [4.78, 5) is 42.0. The van der Waals surface area contributed by atoms with E-state index < -0.39 is 8.32 Å². The van der Waals surface area contributed by atoms with Crippen LogP contribution in [0.3, 0.4) is 0 Å². The highest BCUT2D eigenvalue weighted by Gasteiger charge is 2.50. The quantitative estimate of drug-likeness (QED) is 0.220. The zero-order valence-corrected chi connectivity index (χ0v) is 27.7. The lowest BCUT2D eigenvalue weighted by Gasteiger charge is -2.37. The Morgan fingerprint density at radius 2 is 1.65 bits per heavy atom. The van der Waals surface area contributed by atoms with Crippen LogP contribution in [0.5, 0.6) is 0 Å². The molecular formula is C38H42N2O5Si. The van der Waals surface area contributed by atoms with Gasteiger partial charge in [0.05, 0.1) is 42.5 Å². The second-order valence-corrected chi connectivity index (χ2v) is 17.8. The molecule has 0 saturated carbocycles. The molecule has 7 nitrogen and oxygen atoms in total. The summed E-state index contributed by atoms with van der Waals surface area (Å²) in [6.45, 7) is 6.45. The topological polar surface area (TPSA) is 90.3 Å². The van der Waals surface area contributed by atoms with Crippen molar-refractivity contribution in [3.8, 4) is 0 Å². The molecule has 0 radical (unpaired) electrons. The molecule has 0 spiro atoms. The number of carbonyl (C=O) groups is 2. The number of amides is 2. The van der Waals surface area contributed by atoms with Crippen LogP contribution in [0.1, 0.15) is 46.8 Å². The summed E-state index contributed by atoms with van der Waals surface area (Å²) in [6, 6.07) is 27.9. The lowest BCUT2D eigenvalue weighted by atomic mass is 9.93. The van der Waals surface area contributed by atoms with Crippen molar-refractivity contribution in [1.29, 1.82) is 0 Å². The van der Waals surface area contributed by atoms with Gasteiger partial charge in [0.1, 0.15) is 0 Å². The number of carbonyl (C=O) groups excluding carboxylic acids is 2. The Morgan fingerprint density at radius 3 is 2.37 bits per heavy atom. The van der Waals surface area contributed by atoms with Gasteiger partial charge in [-0.2, -0.15) is 0 Å². The molecule has 3 aliphatic heterocycles. The molecule has 0 unspecified atom stereocenters. The minimum Gasteiger partial charge on any atom is -0.432 e. The number of hydrogen-bond acceptors (Lipinski definition) is 5. The third-order valence-electron chi connectivity index (χ3n) is 10.5. The van der Waals surface area contributed by atoms with Gasteiger partial charge < -0.3 is 19.5 Å². The van der Waals surface area contributed by atoms with E-state index in [2.05, 4.69) is 31.2 Å². The lowest BCUT2D eigenvalue weighted by molar-refractivity contribution is -0.138. The number of benzene rings is 4. The van der Waals surface area contributed by atoms with Crippen LogP contribution >= 0.6 is 0 Å². The van der Waals surface area contributed by atoms with Crippen molar-refractivity contribution in [2.45, 2.75) is 76.0 Å². The van der Waals surface area contributed by atoms with Crippen molar-refractivity contribution in [2.24, 2.45) is 5.92 Å². The minimum absolute atomic E-state index is 0.00535. The number of nitrogens with zero attached hydrogens (tertiary/aromatic N) is 2. The van der Waals surface area contributed by atoms with E-state index in [1.807, 2.05) is 73.8 Å². The smallest absolute Gasteiger partial charge is 0.263 e. The first-order chi connectivity index (χ1) is 22.1. The maximum atomic E-state index is 13.7. The van der Waals surface area contributed by atoms with E-state index in [-0.39, 0.29) is 54.6 Å². The molecule has 8 heteroatoms. The number of anilines is 2. The van der Waals surface area contributed by atoms with Gasteiger partial charge in [-0.25, -0.2) is 0 Å². The van der Waals surface area contributed by atoms with Gasteiger partial charge in [0.15, 0.2) is 8.32 Å². The number of aliphatic hydroxyl groups is 1. The van der Waals surface area contributed by atoms with Gasteiger partial charge in [0, 0.05) is 23.2 Å². The Bertz CT molecular complexity index is 1780. The monoisotopic (exact) mass is 634 g/mol. The summed E-state index contributed by atoms with van der Waals surface area (Å²) < 4.78 is 6.63. The van der Waals surface area contributed by atoms with Gasteiger partial charge >= 0.3 is 0 Å². The highest BCUT2D eigenvalue weighted by molar-refractivity contribution is 6.71. The van der Waals surface area contributed by atoms with Crippen LogP contribution < -0.4 is 4.90 Å². The van der Waals surface area contributed by atoms with Gasteiger partial charge in [-0.15, -0.1) is 0 Å². The number of fused-ring (bicyclic) bond motifs is 1. The molecule has 3 aliphatic rings. The lowest BCUT2D eigenvalue weighted by Crippen LogP contribution is -2.48. The number of aryl methyl sites for hydroxylation is 1. The summed E-state index contributed by atoms with van der Waals surface area (Å²) >= 11 is 0. The Hall–Kier alpha value is -3.82. The molecule has 0 aliphatic carbocycles. The van der Waals surface area contributed by atoms with E-state index in [0.29, 0.717) is 13.0 Å². The van der Waals surface area contributed by atoms with Crippen molar-refractivity contribution >= 4 is 42.3 Å². The SMILES string of the molecule is C[C@@H]1[C@@H]([Si](C)(C)O)[C@H](CC(=O)N2Cc3ccccc3C[C@H]2CO)O[C@@H]1CCc1ccc(N2C(=O)c3cccc4cccc2c34)cc1. The molecule has 238 valence electrons. The number of aliphatic hydroxyl groups excluding tert-OH is 1. The van der Waals surface area contributed by atoms with Gasteiger partial charge in [-0.05, 0) is 84.6 Å². The zero-order valence-electron chi connectivity index (χ0n) is 26.7. The number of rotatable bonds is 8. The molecule has 7 rings (SSSR count). The fraction of sp³-hybridized carbons (Fsp3) is 0.368. The second kappa shape index (κ2) is 12.1. The molecule has 1 fully saturated rings. The van der Waals surface area contributed by atoms with Crippen LogP contribution in [0.25, 0.3) is 10.8 Å². The summed E-state index contributed by atoms with van der Waals surface area (Å²) in [6.07, 6.45) is 1.97.